The molecule has 0 unspecified atom stereocenters. The summed E-state index contributed by atoms with van der Waals surface area (Å²) in [6.07, 6.45) is 5.89. The third-order valence-electron chi connectivity index (χ3n) is 1.35. The highest BCUT2D eigenvalue weighted by molar-refractivity contribution is 7.99. The predicted molar refractivity (Wildman–Crippen MR) is 47.0 cm³/mol. The normalized spacial score (nSPS) is 10.3. The van der Waals surface area contributed by atoms with Crippen LogP contribution in [0, 0.1) is 6.92 Å². The van der Waals surface area contributed by atoms with Crippen molar-refractivity contribution in [2.24, 2.45) is 0 Å². The van der Waals surface area contributed by atoms with E-state index in [4.69, 9.17) is 4.42 Å². The molecule has 1 rings (SSSR count). The van der Waals surface area contributed by atoms with E-state index < -0.39 is 0 Å². The Balaban J connectivity index is 2.97. The molecule has 1 aromatic rings. The second-order valence-corrected chi connectivity index (χ2v) is 3.55. The SMILES string of the molecule is CSc1coc(SC)c1C. The van der Waals surface area contributed by atoms with E-state index in [0.29, 0.717) is 0 Å². The minimum Gasteiger partial charge on any atom is -0.457 e. The lowest BCUT2D eigenvalue weighted by molar-refractivity contribution is 0.469. The number of furan rings is 1. The quantitative estimate of drug-likeness (QED) is 0.640. The molecule has 3 heteroatoms. The Morgan fingerprint density at radius 1 is 1.30 bits per heavy atom. The molecule has 0 aliphatic carbocycles. The van der Waals surface area contributed by atoms with Gasteiger partial charge in [-0.3, -0.25) is 0 Å². The van der Waals surface area contributed by atoms with Gasteiger partial charge in [0.25, 0.3) is 0 Å². The average molecular weight is 174 g/mol. The van der Waals surface area contributed by atoms with Gasteiger partial charge in [-0.25, -0.2) is 0 Å². The van der Waals surface area contributed by atoms with Crippen LogP contribution in [0.5, 0.6) is 0 Å². The van der Waals surface area contributed by atoms with Crippen molar-refractivity contribution in [2.45, 2.75) is 16.9 Å². The van der Waals surface area contributed by atoms with E-state index >= 15 is 0 Å². The van der Waals surface area contributed by atoms with E-state index in [2.05, 4.69) is 13.2 Å². The number of thioether (sulfide) groups is 2. The largest absolute Gasteiger partial charge is 0.457 e. The summed E-state index contributed by atoms with van der Waals surface area (Å²) in [6, 6.07) is 0. The zero-order valence-electron chi connectivity index (χ0n) is 6.30. The van der Waals surface area contributed by atoms with E-state index in [9.17, 15) is 0 Å². The highest BCUT2D eigenvalue weighted by Crippen LogP contribution is 2.29. The fraction of sp³-hybridized carbons (Fsp3) is 0.429. The molecule has 0 amide bonds. The minimum atomic E-state index is 1.03. The standard InChI is InChI=1S/C7H10OS2/c1-5-6(9-2)4-8-7(5)10-3/h4H,1-3H3. The molecule has 0 bridgehead atoms. The highest BCUT2D eigenvalue weighted by atomic mass is 32.2. The van der Waals surface area contributed by atoms with Crippen molar-refractivity contribution in [1.82, 2.24) is 0 Å². The van der Waals surface area contributed by atoms with Crippen LogP contribution in [0.3, 0.4) is 0 Å². The molecule has 0 saturated carbocycles. The van der Waals surface area contributed by atoms with E-state index in [1.807, 2.05) is 12.5 Å². The Bertz CT molecular complexity index is 196. The molecular weight excluding hydrogens is 164 g/mol. The maximum atomic E-state index is 5.28. The third kappa shape index (κ3) is 1.35. The molecule has 0 radical (unpaired) electrons. The van der Waals surface area contributed by atoms with Crippen LogP contribution in [-0.4, -0.2) is 12.5 Å². The summed E-state index contributed by atoms with van der Waals surface area (Å²) in [7, 11) is 0. The van der Waals surface area contributed by atoms with Crippen LogP contribution < -0.4 is 0 Å². The Hall–Kier alpha value is -0.0200. The third-order valence-corrected chi connectivity index (χ3v) is 2.97. The molecule has 0 aromatic carbocycles. The molecule has 1 aromatic heterocycles. The van der Waals surface area contributed by atoms with Gasteiger partial charge in [-0.15, -0.1) is 11.8 Å². The summed E-state index contributed by atoms with van der Waals surface area (Å²) in [5, 5.41) is 1.03. The van der Waals surface area contributed by atoms with Gasteiger partial charge in [0.05, 0.1) is 0 Å². The monoisotopic (exact) mass is 174 g/mol. The van der Waals surface area contributed by atoms with Crippen molar-refractivity contribution >= 4 is 23.5 Å². The van der Waals surface area contributed by atoms with Crippen molar-refractivity contribution in [1.29, 1.82) is 0 Å². The van der Waals surface area contributed by atoms with Crippen LogP contribution in [0.1, 0.15) is 5.56 Å². The van der Waals surface area contributed by atoms with E-state index in [-0.39, 0.29) is 0 Å². The van der Waals surface area contributed by atoms with Crippen LogP contribution in [0.25, 0.3) is 0 Å². The molecule has 10 heavy (non-hydrogen) atoms. The van der Waals surface area contributed by atoms with Gasteiger partial charge in [-0.2, -0.15) is 0 Å². The summed E-state index contributed by atoms with van der Waals surface area (Å²) < 4.78 is 5.28. The molecule has 0 fully saturated rings. The molecule has 0 aliphatic rings. The summed E-state index contributed by atoms with van der Waals surface area (Å²) in [4.78, 5) is 1.24. The molecular formula is C7H10OS2. The highest BCUT2D eigenvalue weighted by Gasteiger charge is 2.05. The smallest absolute Gasteiger partial charge is 0.163 e. The van der Waals surface area contributed by atoms with Gasteiger partial charge in [0.2, 0.25) is 0 Å². The van der Waals surface area contributed by atoms with Crippen LogP contribution >= 0.6 is 23.5 Å². The first-order valence-electron chi connectivity index (χ1n) is 2.95. The summed E-state index contributed by atoms with van der Waals surface area (Å²) in [5.41, 5.74) is 1.26. The van der Waals surface area contributed by atoms with Crippen LogP contribution in [-0.2, 0) is 0 Å². The van der Waals surface area contributed by atoms with Crippen molar-refractivity contribution in [3.63, 3.8) is 0 Å². The van der Waals surface area contributed by atoms with Gasteiger partial charge in [0, 0.05) is 10.5 Å². The van der Waals surface area contributed by atoms with Crippen molar-refractivity contribution in [3.05, 3.63) is 11.8 Å². The lowest BCUT2D eigenvalue weighted by Gasteiger charge is -1.91. The molecule has 56 valence electrons. The van der Waals surface area contributed by atoms with Crippen molar-refractivity contribution in [3.8, 4) is 0 Å². The predicted octanol–water partition coefficient (Wildman–Crippen LogP) is 3.03. The van der Waals surface area contributed by atoms with Gasteiger partial charge >= 0.3 is 0 Å². The zero-order chi connectivity index (χ0) is 7.56. The Kier molecular flexibility index (Phi) is 2.74. The van der Waals surface area contributed by atoms with E-state index in [1.165, 1.54) is 10.5 Å². The molecule has 0 saturated heterocycles. The van der Waals surface area contributed by atoms with Gasteiger partial charge in [0.1, 0.15) is 6.26 Å². The molecule has 0 aliphatic heterocycles. The Morgan fingerprint density at radius 3 is 2.30 bits per heavy atom. The maximum Gasteiger partial charge on any atom is 0.163 e. The molecule has 0 N–H and O–H groups in total. The van der Waals surface area contributed by atoms with Gasteiger partial charge in [-0.05, 0) is 19.4 Å². The Morgan fingerprint density at radius 2 is 2.00 bits per heavy atom. The first-order valence-corrected chi connectivity index (χ1v) is 5.40. The first kappa shape index (κ1) is 8.08. The second kappa shape index (κ2) is 3.39. The molecule has 0 spiro atoms. The Labute approximate surface area is 69.6 Å². The van der Waals surface area contributed by atoms with Crippen LogP contribution in [0.15, 0.2) is 20.7 Å². The fourth-order valence-electron chi connectivity index (χ4n) is 0.787. The summed E-state index contributed by atoms with van der Waals surface area (Å²) in [6.45, 7) is 2.08. The fourth-order valence-corrected chi connectivity index (χ4v) is 1.96. The number of rotatable bonds is 2. The lowest BCUT2D eigenvalue weighted by Crippen LogP contribution is -1.70. The lowest BCUT2D eigenvalue weighted by atomic mass is 10.4. The zero-order valence-corrected chi connectivity index (χ0v) is 7.94. The van der Waals surface area contributed by atoms with Crippen LogP contribution in [0.2, 0.25) is 0 Å². The van der Waals surface area contributed by atoms with Gasteiger partial charge < -0.3 is 4.42 Å². The maximum absolute atomic E-state index is 5.28. The summed E-state index contributed by atoms with van der Waals surface area (Å²) >= 11 is 3.38. The van der Waals surface area contributed by atoms with E-state index in [1.54, 1.807) is 23.5 Å². The molecule has 1 nitrogen and oxygen atoms in total. The molecule has 0 atom stereocenters. The van der Waals surface area contributed by atoms with Gasteiger partial charge in [-0.1, -0.05) is 11.8 Å². The molecule has 1 heterocycles. The van der Waals surface area contributed by atoms with E-state index in [0.717, 1.165) is 5.09 Å². The van der Waals surface area contributed by atoms with Crippen molar-refractivity contribution in [2.75, 3.05) is 12.5 Å². The number of hydrogen-bond donors (Lipinski definition) is 0. The van der Waals surface area contributed by atoms with Gasteiger partial charge in [0.15, 0.2) is 5.09 Å². The first-order chi connectivity index (χ1) is 4.79. The van der Waals surface area contributed by atoms with Crippen molar-refractivity contribution < 1.29 is 4.42 Å². The summed E-state index contributed by atoms with van der Waals surface area (Å²) in [5.74, 6) is 0. The van der Waals surface area contributed by atoms with Crippen LogP contribution in [0.4, 0.5) is 0 Å². The number of hydrogen-bond acceptors (Lipinski definition) is 3. The topological polar surface area (TPSA) is 13.1 Å². The average Bonchev–Trinajstić information content (AvgIpc) is 2.30. The minimum absolute atomic E-state index is 1.03. The second-order valence-electron chi connectivity index (χ2n) is 1.92.